The zero-order valence-electron chi connectivity index (χ0n) is 10.8. The van der Waals surface area contributed by atoms with Gasteiger partial charge in [-0.1, -0.05) is 11.3 Å². The van der Waals surface area contributed by atoms with E-state index in [0.29, 0.717) is 13.2 Å². The summed E-state index contributed by atoms with van der Waals surface area (Å²) in [5.41, 5.74) is -2.03. The number of aromatic nitrogens is 2. The molecule has 1 saturated heterocycles. The number of ether oxygens (including phenoxy) is 1. The van der Waals surface area contributed by atoms with E-state index < -0.39 is 11.6 Å². The Bertz CT molecular complexity index is 500. The van der Waals surface area contributed by atoms with Crippen LogP contribution in [0.3, 0.4) is 0 Å². The molecular formula is C11H16F3N3OS. The first-order chi connectivity index (χ1) is 8.72. The Labute approximate surface area is 112 Å². The van der Waals surface area contributed by atoms with Crippen molar-refractivity contribution in [3.8, 4) is 0 Å². The minimum absolute atomic E-state index is 0.0304. The summed E-state index contributed by atoms with van der Waals surface area (Å²) in [6.45, 7) is 3.19. The van der Waals surface area contributed by atoms with Crippen LogP contribution in [-0.2, 0) is 16.7 Å². The predicted molar refractivity (Wildman–Crippen MR) is 64.0 cm³/mol. The topological polar surface area (TPSA) is 50.9 Å². The number of halogens is 3. The lowest BCUT2D eigenvalue weighted by molar-refractivity contribution is -0.180. The van der Waals surface area contributed by atoms with Gasteiger partial charge in [0.15, 0.2) is 4.80 Å². The van der Waals surface area contributed by atoms with Crippen molar-refractivity contribution >= 4 is 11.3 Å². The van der Waals surface area contributed by atoms with Crippen LogP contribution >= 0.6 is 11.3 Å². The Hall–Kier alpha value is -0.890. The largest absolute Gasteiger partial charge is 0.400 e. The van der Waals surface area contributed by atoms with Crippen LogP contribution in [-0.4, -0.2) is 28.7 Å². The van der Waals surface area contributed by atoms with E-state index in [2.05, 4.69) is 5.10 Å². The van der Waals surface area contributed by atoms with Crippen LogP contribution in [0.4, 0.5) is 13.2 Å². The standard InChI is InChI=1S/C11H16F3N3OS/c1-10(2,11(12,13)14)8-16-17(9(15)19-8)6-7-4-3-5-18-7/h7,15H,3-6H2,1-2H3/t7-/m1/s1. The van der Waals surface area contributed by atoms with Crippen molar-refractivity contribution in [3.05, 3.63) is 9.81 Å². The summed E-state index contributed by atoms with van der Waals surface area (Å²) in [6.07, 6.45) is -2.61. The maximum atomic E-state index is 12.9. The highest BCUT2D eigenvalue weighted by Crippen LogP contribution is 2.40. The van der Waals surface area contributed by atoms with Gasteiger partial charge in [0.2, 0.25) is 0 Å². The van der Waals surface area contributed by atoms with Gasteiger partial charge in [0.05, 0.1) is 12.6 Å². The van der Waals surface area contributed by atoms with Crippen molar-refractivity contribution in [2.24, 2.45) is 0 Å². The second-order valence-electron chi connectivity index (χ2n) is 5.15. The summed E-state index contributed by atoms with van der Waals surface area (Å²) in [4.78, 5) is 0.0304. The van der Waals surface area contributed by atoms with Gasteiger partial charge in [-0.2, -0.15) is 18.3 Å². The molecule has 0 spiro atoms. The number of hydrogen-bond acceptors (Lipinski definition) is 4. The first-order valence-electron chi connectivity index (χ1n) is 6.03. The third-order valence-corrected chi connectivity index (χ3v) is 4.47. The van der Waals surface area contributed by atoms with E-state index >= 15 is 0 Å². The fourth-order valence-corrected chi connectivity index (χ4v) is 2.71. The fourth-order valence-electron chi connectivity index (χ4n) is 1.80. The second-order valence-corrected chi connectivity index (χ2v) is 6.13. The molecule has 108 valence electrons. The van der Waals surface area contributed by atoms with Crippen molar-refractivity contribution in [2.45, 2.75) is 50.9 Å². The molecule has 0 aliphatic carbocycles. The molecule has 0 aromatic carbocycles. The monoisotopic (exact) mass is 295 g/mol. The van der Waals surface area contributed by atoms with Crippen LogP contribution in [0.2, 0.25) is 0 Å². The van der Waals surface area contributed by atoms with Crippen LogP contribution in [0.1, 0.15) is 31.7 Å². The van der Waals surface area contributed by atoms with Gasteiger partial charge in [-0.25, -0.2) is 4.68 Å². The van der Waals surface area contributed by atoms with Crippen molar-refractivity contribution in [3.63, 3.8) is 0 Å². The summed E-state index contributed by atoms with van der Waals surface area (Å²) in [7, 11) is 0. The number of alkyl halides is 3. The normalized spacial score (nSPS) is 21.0. The Balaban J connectivity index is 2.23. The molecule has 1 aliphatic rings. The predicted octanol–water partition coefficient (Wildman–Crippen LogP) is 2.44. The van der Waals surface area contributed by atoms with Crippen LogP contribution in [0, 0.1) is 5.41 Å². The molecule has 2 rings (SSSR count). The molecule has 1 N–H and O–H groups in total. The Morgan fingerprint density at radius 1 is 1.47 bits per heavy atom. The molecule has 0 amide bonds. The van der Waals surface area contributed by atoms with Gasteiger partial charge in [0, 0.05) is 6.61 Å². The second kappa shape index (κ2) is 4.90. The first-order valence-corrected chi connectivity index (χ1v) is 6.85. The smallest absolute Gasteiger partial charge is 0.376 e. The summed E-state index contributed by atoms with van der Waals surface area (Å²) >= 11 is 0.775. The molecule has 0 bridgehead atoms. The minimum atomic E-state index is -4.38. The van der Waals surface area contributed by atoms with Crippen molar-refractivity contribution in [1.82, 2.24) is 9.78 Å². The van der Waals surface area contributed by atoms with E-state index in [4.69, 9.17) is 10.1 Å². The average Bonchev–Trinajstić information content (AvgIpc) is 2.88. The third kappa shape index (κ3) is 2.84. The number of nitrogens with one attached hydrogen (secondary N) is 1. The highest BCUT2D eigenvalue weighted by molar-refractivity contribution is 7.08. The molecular weight excluding hydrogens is 279 g/mol. The molecule has 1 fully saturated rings. The van der Waals surface area contributed by atoms with E-state index in [1.807, 2.05) is 0 Å². The highest BCUT2D eigenvalue weighted by atomic mass is 32.1. The van der Waals surface area contributed by atoms with Gasteiger partial charge in [0.25, 0.3) is 0 Å². The molecule has 1 atom stereocenters. The van der Waals surface area contributed by atoms with Crippen LogP contribution in [0.5, 0.6) is 0 Å². The van der Waals surface area contributed by atoms with E-state index in [1.54, 1.807) is 0 Å². The lowest BCUT2D eigenvalue weighted by Crippen LogP contribution is -2.36. The summed E-state index contributed by atoms with van der Waals surface area (Å²) in [6, 6.07) is 0. The van der Waals surface area contributed by atoms with E-state index in [9.17, 15) is 13.2 Å². The molecule has 4 nitrogen and oxygen atoms in total. The molecule has 1 aliphatic heterocycles. The first kappa shape index (κ1) is 14.5. The Morgan fingerprint density at radius 2 is 2.16 bits per heavy atom. The van der Waals surface area contributed by atoms with E-state index in [1.165, 1.54) is 4.68 Å². The zero-order valence-corrected chi connectivity index (χ0v) is 11.6. The number of rotatable bonds is 3. The van der Waals surface area contributed by atoms with Crippen molar-refractivity contribution in [2.75, 3.05) is 6.61 Å². The van der Waals surface area contributed by atoms with Crippen LogP contribution < -0.4 is 4.80 Å². The lowest BCUT2D eigenvalue weighted by Gasteiger charge is -2.24. The summed E-state index contributed by atoms with van der Waals surface area (Å²) in [5, 5.41) is 11.6. The Morgan fingerprint density at radius 3 is 2.68 bits per heavy atom. The summed E-state index contributed by atoms with van der Waals surface area (Å²) < 4.78 is 45.5. The zero-order chi connectivity index (χ0) is 14.3. The van der Waals surface area contributed by atoms with Gasteiger partial charge < -0.3 is 4.74 Å². The maximum absolute atomic E-state index is 12.9. The van der Waals surface area contributed by atoms with Gasteiger partial charge in [-0.3, -0.25) is 5.41 Å². The SMILES string of the molecule is CC(C)(c1nn(C[C@H]2CCCO2)c(=N)s1)C(F)(F)F. The molecule has 2 heterocycles. The molecule has 1 aromatic rings. The van der Waals surface area contributed by atoms with Gasteiger partial charge in [-0.05, 0) is 26.7 Å². The number of hydrogen-bond donors (Lipinski definition) is 1. The number of nitrogens with zero attached hydrogens (tertiary/aromatic N) is 2. The molecule has 0 saturated carbocycles. The van der Waals surface area contributed by atoms with E-state index in [0.717, 1.165) is 38.0 Å². The maximum Gasteiger partial charge on any atom is 0.400 e. The van der Waals surface area contributed by atoms with Crippen molar-refractivity contribution < 1.29 is 17.9 Å². The summed E-state index contributed by atoms with van der Waals surface area (Å²) in [5.74, 6) is 0. The average molecular weight is 295 g/mol. The van der Waals surface area contributed by atoms with Gasteiger partial charge >= 0.3 is 6.18 Å². The molecule has 0 radical (unpaired) electrons. The fraction of sp³-hybridized carbons (Fsp3) is 0.818. The quantitative estimate of drug-likeness (QED) is 0.931. The van der Waals surface area contributed by atoms with Crippen molar-refractivity contribution in [1.29, 1.82) is 5.41 Å². The lowest BCUT2D eigenvalue weighted by atomic mass is 9.94. The molecule has 0 unspecified atom stereocenters. The highest BCUT2D eigenvalue weighted by Gasteiger charge is 2.51. The molecule has 8 heteroatoms. The van der Waals surface area contributed by atoms with Gasteiger partial charge in [-0.15, -0.1) is 0 Å². The van der Waals surface area contributed by atoms with E-state index in [-0.39, 0.29) is 15.9 Å². The minimum Gasteiger partial charge on any atom is -0.376 e. The van der Waals surface area contributed by atoms with Crippen LogP contribution in [0.15, 0.2) is 0 Å². The third-order valence-electron chi connectivity index (χ3n) is 3.28. The molecule has 1 aromatic heterocycles. The Kier molecular flexibility index (Phi) is 3.74. The van der Waals surface area contributed by atoms with Crippen LogP contribution in [0.25, 0.3) is 0 Å². The van der Waals surface area contributed by atoms with Gasteiger partial charge in [0.1, 0.15) is 10.4 Å². The molecule has 19 heavy (non-hydrogen) atoms.